The largest absolute Gasteiger partial charge is 0.423 e. The number of halogens is 1. The first-order valence-electron chi connectivity index (χ1n) is 4.73. The molecule has 1 aliphatic carbocycles. The maximum absolute atomic E-state index is 13.3. The van der Waals surface area contributed by atoms with Crippen LogP contribution in [0.4, 0.5) is 10.1 Å². The fourth-order valence-electron chi connectivity index (χ4n) is 1.20. The zero-order valence-electron chi connectivity index (χ0n) is 8.18. The molecule has 1 saturated carbocycles. The molecule has 0 aliphatic heterocycles. The highest BCUT2D eigenvalue weighted by molar-refractivity contribution is 5.77. The molecule has 0 aromatic heterocycles. The zero-order valence-corrected chi connectivity index (χ0v) is 8.18. The van der Waals surface area contributed by atoms with Crippen LogP contribution in [0.25, 0.3) is 0 Å². The standard InChI is InChI=1S/C10H8FNO4/c11-8-5-7(12(14)15)3-4-9(8)16-10(13)6-1-2-6/h3-6H,1-2H2. The number of hydrogen-bond donors (Lipinski definition) is 0. The maximum Gasteiger partial charge on any atom is 0.314 e. The summed E-state index contributed by atoms with van der Waals surface area (Å²) < 4.78 is 18.0. The van der Waals surface area contributed by atoms with Gasteiger partial charge >= 0.3 is 5.97 Å². The Morgan fingerprint density at radius 3 is 2.69 bits per heavy atom. The molecular weight excluding hydrogens is 217 g/mol. The first-order valence-corrected chi connectivity index (χ1v) is 4.73. The number of nitro benzene ring substituents is 1. The minimum atomic E-state index is -0.900. The van der Waals surface area contributed by atoms with Crippen molar-refractivity contribution in [2.45, 2.75) is 12.8 Å². The summed E-state index contributed by atoms with van der Waals surface area (Å²) in [6.45, 7) is 0. The van der Waals surface area contributed by atoms with Crippen molar-refractivity contribution in [3.63, 3.8) is 0 Å². The second kappa shape index (κ2) is 3.88. The van der Waals surface area contributed by atoms with Crippen LogP contribution in [0.3, 0.4) is 0 Å². The summed E-state index contributed by atoms with van der Waals surface area (Å²) in [7, 11) is 0. The average Bonchev–Trinajstić information content (AvgIpc) is 3.03. The molecule has 0 heterocycles. The van der Waals surface area contributed by atoms with E-state index >= 15 is 0 Å². The van der Waals surface area contributed by atoms with Crippen molar-refractivity contribution in [3.05, 3.63) is 34.1 Å². The summed E-state index contributed by atoms with van der Waals surface area (Å²) in [6, 6.07) is 2.92. The second-order valence-corrected chi connectivity index (χ2v) is 3.57. The SMILES string of the molecule is O=C(Oc1ccc([N+](=O)[O-])cc1F)C1CC1. The van der Waals surface area contributed by atoms with E-state index < -0.39 is 16.7 Å². The Labute approximate surface area is 90.0 Å². The Morgan fingerprint density at radius 2 is 2.19 bits per heavy atom. The Hall–Kier alpha value is -1.98. The van der Waals surface area contributed by atoms with E-state index in [1.54, 1.807) is 0 Å². The van der Waals surface area contributed by atoms with Gasteiger partial charge in [0.1, 0.15) is 0 Å². The molecule has 16 heavy (non-hydrogen) atoms. The first-order chi connectivity index (χ1) is 7.58. The van der Waals surface area contributed by atoms with Crippen LogP contribution in [0.2, 0.25) is 0 Å². The monoisotopic (exact) mass is 225 g/mol. The Kier molecular flexibility index (Phi) is 2.55. The lowest BCUT2D eigenvalue weighted by atomic mass is 10.3. The summed E-state index contributed by atoms with van der Waals surface area (Å²) in [6.07, 6.45) is 1.51. The first kappa shape index (κ1) is 10.5. The summed E-state index contributed by atoms with van der Waals surface area (Å²) in [4.78, 5) is 20.8. The van der Waals surface area contributed by atoms with Crippen molar-refractivity contribution in [3.8, 4) is 5.75 Å². The van der Waals surface area contributed by atoms with Gasteiger partial charge in [-0.25, -0.2) is 4.39 Å². The molecule has 6 heteroatoms. The van der Waals surface area contributed by atoms with Gasteiger partial charge in [0.2, 0.25) is 0 Å². The molecule has 0 bridgehead atoms. The highest BCUT2D eigenvalue weighted by atomic mass is 19.1. The molecular formula is C10H8FNO4. The van der Waals surface area contributed by atoms with Crippen molar-refractivity contribution >= 4 is 11.7 Å². The van der Waals surface area contributed by atoms with E-state index in [4.69, 9.17) is 4.74 Å². The third-order valence-corrected chi connectivity index (χ3v) is 2.25. The van der Waals surface area contributed by atoms with Gasteiger partial charge in [0, 0.05) is 6.07 Å². The predicted molar refractivity (Wildman–Crippen MR) is 51.4 cm³/mol. The number of nitro groups is 1. The number of carbonyl (C=O) groups is 1. The van der Waals surface area contributed by atoms with Crippen LogP contribution < -0.4 is 4.74 Å². The van der Waals surface area contributed by atoms with Crippen LogP contribution in [0.1, 0.15) is 12.8 Å². The number of nitrogens with zero attached hydrogens (tertiary/aromatic N) is 1. The van der Waals surface area contributed by atoms with E-state index in [1.807, 2.05) is 0 Å². The number of carbonyl (C=O) groups excluding carboxylic acids is 1. The maximum atomic E-state index is 13.3. The fraction of sp³-hybridized carbons (Fsp3) is 0.300. The molecule has 1 fully saturated rings. The zero-order chi connectivity index (χ0) is 11.7. The molecule has 0 saturated heterocycles. The molecule has 84 valence electrons. The topological polar surface area (TPSA) is 69.4 Å². The quantitative estimate of drug-likeness (QED) is 0.341. The van der Waals surface area contributed by atoms with Crippen molar-refractivity contribution in [2.75, 3.05) is 0 Å². The summed E-state index contributed by atoms with van der Waals surface area (Å²) in [5.74, 6) is -1.78. The van der Waals surface area contributed by atoms with E-state index in [-0.39, 0.29) is 17.4 Å². The lowest BCUT2D eigenvalue weighted by Gasteiger charge is -2.03. The molecule has 1 aromatic rings. The van der Waals surface area contributed by atoms with Crippen molar-refractivity contribution < 1.29 is 18.8 Å². The van der Waals surface area contributed by atoms with Gasteiger partial charge in [-0.2, -0.15) is 0 Å². The smallest absolute Gasteiger partial charge is 0.314 e. The third-order valence-electron chi connectivity index (χ3n) is 2.25. The minimum absolute atomic E-state index is 0.144. The lowest BCUT2D eigenvalue weighted by molar-refractivity contribution is -0.385. The summed E-state index contributed by atoms with van der Waals surface area (Å²) in [5, 5.41) is 10.3. The molecule has 0 amide bonds. The van der Waals surface area contributed by atoms with Gasteiger partial charge in [-0.05, 0) is 18.9 Å². The van der Waals surface area contributed by atoms with Crippen molar-refractivity contribution in [2.24, 2.45) is 5.92 Å². The van der Waals surface area contributed by atoms with E-state index in [1.165, 1.54) is 0 Å². The Morgan fingerprint density at radius 1 is 1.50 bits per heavy atom. The van der Waals surface area contributed by atoms with Crippen LogP contribution in [-0.4, -0.2) is 10.9 Å². The van der Waals surface area contributed by atoms with Gasteiger partial charge in [-0.3, -0.25) is 14.9 Å². The molecule has 0 spiro atoms. The Balaban J connectivity index is 2.15. The van der Waals surface area contributed by atoms with Gasteiger partial charge < -0.3 is 4.74 Å². The molecule has 5 nitrogen and oxygen atoms in total. The van der Waals surface area contributed by atoms with Gasteiger partial charge in [-0.15, -0.1) is 0 Å². The molecule has 0 radical (unpaired) electrons. The second-order valence-electron chi connectivity index (χ2n) is 3.57. The van der Waals surface area contributed by atoms with Gasteiger partial charge in [-0.1, -0.05) is 0 Å². The number of ether oxygens (including phenoxy) is 1. The van der Waals surface area contributed by atoms with Crippen LogP contribution >= 0.6 is 0 Å². The highest BCUT2D eigenvalue weighted by Gasteiger charge is 2.32. The normalized spacial score (nSPS) is 14.6. The van der Waals surface area contributed by atoms with Crippen LogP contribution in [0.5, 0.6) is 5.75 Å². The molecule has 1 aliphatic rings. The number of benzene rings is 1. The van der Waals surface area contributed by atoms with Gasteiger partial charge in [0.15, 0.2) is 11.6 Å². The molecule has 0 atom stereocenters. The molecule has 0 unspecified atom stereocenters. The van der Waals surface area contributed by atoms with E-state index in [2.05, 4.69) is 0 Å². The highest BCUT2D eigenvalue weighted by Crippen LogP contribution is 2.31. The number of rotatable bonds is 3. The number of esters is 1. The predicted octanol–water partition coefficient (Wildman–Crippen LogP) is 2.05. The summed E-state index contributed by atoms with van der Waals surface area (Å²) >= 11 is 0. The molecule has 1 aromatic carbocycles. The third kappa shape index (κ3) is 2.16. The van der Waals surface area contributed by atoms with E-state index in [9.17, 15) is 19.3 Å². The van der Waals surface area contributed by atoms with Crippen molar-refractivity contribution in [1.82, 2.24) is 0 Å². The van der Waals surface area contributed by atoms with E-state index in [0.717, 1.165) is 31.0 Å². The van der Waals surface area contributed by atoms with Gasteiger partial charge in [0.25, 0.3) is 5.69 Å². The molecule has 0 N–H and O–H groups in total. The minimum Gasteiger partial charge on any atom is -0.423 e. The molecule has 2 rings (SSSR count). The average molecular weight is 225 g/mol. The number of hydrogen-bond acceptors (Lipinski definition) is 4. The van der Waals surface area contributed by atoms with Crippen molar-refractivity contribution in [1.29, 1.82) is 0 Å². The van der Waals surface area contributed by atoms with Crippen LogP contribution in [0, 0.1) is 21.8 Å². The van der Waals surface area contributed by atoms with Crippen LogP contribution in [0.15, 0.2) is 18.2 Å². The lowest BCUT2D eigenvalue weighted by Crippen LogP contribution is -2.10. The number of non-ortho nitro benzene ring substituents is 1. The van der Waals surface area contributed by atoms with E-state index in [0.29, 0.717) is 0 Å². The van der Waals surface area contributed by atoms with Crippen LogP contribution in [-0.2, 0) is 4.79 Å². The fourth-order valence-corrected chi connectivity index (χ4v) is 1.20. The Bertz CT molecular complexity index is 456. The van der Waals surface area contributed by atoms with Gasteiger partial charge in [0.05, 0.1) is 16.9 Å². The summed E-state index contributed by atoms with van der Waals surface area (Å²) in [5.41, 5.74) is -0.372.